The minimum absolute atomic E-state index is 0.0352. The Morgan fingerprint density at radius 1 is 1.13 bits per heavy atom. The highest BCUT2D eigenvalue weighted by atomic mass is 16.8. The Bertz CT molecular complexity index is 205. The van der Waals surface area contributed by atoms with Gasteiger partial charge in [0.05, 0.1) is 19.3 Å². The highest BCUT2D eigenvalue weighted by molar-refractivity contribution is 4.79. The van der Waals surface area contributed by atoms with Gasteiger partial charge in [-0.1, -0.05) is 0 Å². The van der Waals surface area contributed by atoms with Crippen LogP contribution < -0.4 is 0 Å². The number of aliphatic hydroxyl groups is 2. The van der Waals surface area contributed by atoms with Gasteiger partial charge in [0, 0.05) is 6.61 Å². The van der Waals surface area contributed by atoms with Crippen LogP contribution in [0.5, 0.6) is 0 Å². The van der Waals surface area contributed by atoms with E-state index in [9.17, 15) is 5.11 Å². The third-order valence-corrected chi connectivity index (χ3v) is 2.39. The molecule has 2 saturated heterocycles. The van der Waals surface area contributed by atoms with Gasteiger partial charge in [-0.05, 0) is 6.42 Å². The van der Waals surface area contributed by atoms with E-state index in [1.165, 1.54) is 0 Å². The molecule has 6 nitrogen and oxygen atoms in total. The quantitative estimate of drug-likeness (QED) is 0.611. The van der Waals surface area contributed by atoms with Crippen LogP contribution in [0, 0.1) is 0 Å². The molecule has 0 aromatic rings. The van der Waals surface area contributed by atoms with Gasteiger partial charge in [-0.3, -0.25) is 0 Å². The molecule has 0 aromatic heterocycles. The third kappa shape index (κ3) is 2.66. The van der Waals surface area contributed by atoms with E-state index in [-0.39, 0.29) is 32.5 Å². The van der Waals surface area contributed by atoms with Crippen molar-refractivity contribution in [2.24, 2.45) is 0 Å². The Morgan fingerprint density at radius 2 is 1.87 bits per heavy atom. The average Bonchev–Trinajstić information content (AvgIpc) is 2.17. The molecule has 0 aliphatic carbocycles. The van der Waals surface area contributed by atoms with Gasteiger partial charge >= 0.3 is 0 Å². The summed E-state index contributed by atoms with van der Waals surface area (Å²) in [5.74, 6) is -1.00. The summed E-state index contributed by atoms with van der Waals surface area (Å²) in [6, 6.07) is 0. The second-order valence-electron chi connectivity index (χ2n) is 3.77. The fourth-order valence-corrected chi connectivity index (χ4v) is 1.77. The van der Waals surface area contributed by atoms with E-state index in [1.54, 1.807) is 0 Å². The summed E-state index contributed by atoms with van der Waals surface area (Å²) in [5, 5.41) is 18.1. The Hall–Kier alpha value is -0.240. The van der Waals surface area contributed by atoms with Crippen LogP contribution in [-0.4, -0.2) is 61.4 Å². The summed E-state index contributed by atoms with van der Waals surface area (Å²) in [7, 11) is 0. The van der Waals surface area contributed by atoms with Crippen molar-refractivity contribution in [3.8, 4) is 0 Å². The van der Waals surface area contributed by atoms with E-state index < -0.39 is 12.1 Å². The lowest BCUT2D eigenvalue weighted by Crippen LogP contribution is -2.57. The Labute approximate surface area is 87.7 Å². The molecule has 2 aliphatic rings. The molecular weight excluding hydrogens is 204 g/mol. The fraction of sp³-hybridized carbons (Fsp3) is 1.00. The summed E-state index contributed by atoms with van der Waals surface area (Å²) in [6.45, 7) is 1.10. The topological polar surface area (TPSA) is 77.4 Å². The van der Waals surface area contributed by atoms with E-state index in [0.29, 0.717) is 13.0 Å². The van der Waals surface area contributed by atoms with Crippen LogP contribution in [0.15, 0.2) is 0 Å². The number of hydrogen-bond donors (Lipinski definition) is 2. The summed E-state index contributed by atoms with van der Waals surface area (Å²) >= 11 is 0. The van der Waals surface area contributed by atoms with Crippen LogP contribution in [0.2, 0.25) is 0 Å². The Kier molecular flexibility index (Phi) is 3.55. The molecule has 2 aliphatic heterocycles. The molecule has 2 fully saturated rings. The molecule has 15 heavy (non-hydrogen) atoms. The average molecular weight is 220 g/mol. The van der Waals surface area contributed by atoms with Crippen molar-refractivity contribution < 1.29 is 29.2 Å². The maximum atomic E-state index is 9.31. The van der Waals surface area contributed by atoms with Crippen LogP contribution in [0.3, 0.4) is 0 Å². The molecular formula is C9H16O6. The lowest BCUT2D eigenvalue weighted by molar-refractivity contribution is -0.397. The van der Waals surface area contributed by atoms with Gasteiger partial charge in [-0.2, -0.15) is 0 Å². The monoisotopic (exact) mass is 220 g/mol. The summed E-state index contributed by atoms with van der Waals surface area (Å²) in [6.07, 6.45) is -0.700. The van der Waals surface area contributed by atoms with Gasteiger partial charge in [0.15, 0.2) is 6.29 Å². The summed E-state index contributed by atoms with van der Waals surface area (Å²) < 4.78 is 21.4. The first-order valence-electron chi connectivity index (χ1n) is 5.04. The maximum absolute atomic E-state index is 9.31. The van der Waals surface area contributed by atoms with E-state index in [2.05, 4.69) is 0 Å². The van der Waals surface area contributed by atoms with Crippen molar-refractivity contribution in [2.45, 2.75) is 24.6 Å². The van der Waals surface area contributed by atoms with Gasteiger partial charge in [0.2, 0.25) is 5.79 Å². The van der Waals surface area contributed by atoms with E-state index in [1.807, 2.05) is 0 Å². The fourth-order valence-electron chi connectivity index (χ4n) is 1.77. The Morgan fingerprint density at radius 3 is 2.53 bits per heavy atom. The van der Waals surface area contributed by atoms with E-state index in [4.69, 9.17) is 24.1 Å². The van der Waals surface area contributed by atoms with Crippen LogP contribution in [-0.2, 0) is 18.9 Å². The predicted octanol–water partition coefficient (Wildman–Crippen LogP) is -1.15. The van der Waals surface area contributed by atoms with E-state index in [0.717, 1.165) is 0 Å². The highest BCUT2D eigenvalue weighted by Gasteiger charge is 2.44. The molecule has 3 atom stereocenters. The first-order chi connectivity index (χ1) is 7.24. The molecule has 88 valence electrons. The summed E-state index contributed by atoms with van der Waals surface area (Å²) in [5.41, 5.74) is 0. The van der Waals surface area contributed by atoms with Crippen molar-refractivity contribution in [3.05, 3.63) is 0 Å². The molecule has 0 bridgehead atoms. The Balaban J connectivity index is 1.94. The van der Waals surface area contributed by atoms with Gasteiger partial charge in [0.1, 0.15) is 13.2 Å². The molecule has 2 heterocycles. The zero-order chi connectivity index (χ0) is 10.7. The number of aliphatic hydroxyl groups excluding tert-OH is 2. The predicted molar refractivity (Wildman–Crippen MR) is 48.0 cm³/mol. The lowest BCUT2D eigenvalue weighted by Gasteiger charge is -2.43. The maximum Gasteiger partial charge on any atom is 0.218 e. The SMILES string of the molecule is OCCC1COCC2(COCC(O)O2)O1. The second-order valence-corrected chi connectivity index (χ2v) is 3.77. The van der Waals surface area contributed by atoms with Crippen LogP contribution in [0.25, 0.3) is 0 Å². The molecule has 6 heteroatoms. The molecule has 3 unspecified atom stereocenters. The van der Waals surface area contributed by atoms with Crippen LogP contribution in [0.4, 0.5) is 0 Å². The van der Waals surface area contributed by atoms with Gasteiger partial charge in [-0.15, -0.1) is 0 Å². The molecule has 0 aromatic carbocycles. The van der Waals surface area contributed by atoms with Gasteiger partial charge in [-0.25, -0.2) is 0 Å². The van der Waals surface area contributed by atoms with Crippen molar-refractivity contribution in [3.63, 3.8) is 0 Å². The zero-order valence-electron chi connectivity index (χ0n) is 8.42. The second kappa shape index (κ2) is 4.73. The van der Waals surface area contributed by atoms with Crippen molar-refractivity contribution in [2.75, 3.05) is 33.0 Å². The van der Waals surface area contributed by atoms with Crippen LogP contribution >= 0.6 is 0 Å². The van der Waals surface area contributed by atoms with Gasteiger partial charge in [0.25, 0.3) is 0 Å². The number of hydrogen-bond acceptors (Lipinski definition) is 6. The molecule has 2 rings (SSSR count). The van der Waals surface area contributed by atoms with Crippen molar-refractivity contribution in [1.82, 2.24) is 0 Å². The first kappa shape index (κ1) is 11.3. The molecule has 1 spiro atoms. The minimum atomic E-state index is -1.00. The smallest absolute Gasteiger partial charge is 0.218 e. The van der Waals surface area contributed by atoms with Gasteiger partial charge < -0.3 is 29.2 Å². The van der Waals surface area contributed by atoms with E-state index >= 15 is 0 Å². The number of ether oxygens (including phenoxy) is 4. The zero-order valence-corrected chi connectivity index (χ0v) is 8.42. The molecule has 0 saturated carbocycles. The summed E-state index contributed by atoms with van der Waals surface area (Å²) in [4.78, 5) is 0. The standard InChI is InChI=1S/C9H16O6/c10-2-1-7-3-12-5-9(14-7)6-13-4-8(11)15-9/h7-8,10-11H,1-6H2. The first-order valence-corrected chi connectivity index (χ1v) is 5.04. The molecule has 2 N–H and O–H groups in total. The third-order valence-electron chi connectivity index (χ3n) is 2.39. The largest absolute Gasteiger partial charge is 0.396 e. The minimum Gasteiger partial charge on any atom is -0.396 e. The lowest BCUT2D eigenvalue weighted by atomic mass is 10.2. The van der Waals surface area contributed by atoms with Crippen LogP contribution in [0.1, 0.15) is 6.42 Å². The molecule has 0 amide bonds. The molecule has 0 radical (unpaired) electrons. The number of rotatable bonds is 2. The highest BCUT2D eigenvalue weighted by Crippen LogP contribution is 2.27. The van der Waals surface area contributed by atoms with Crippen molar-refractivity contribution in [1.29, 1.82) is 0 Å². The van der Waals surface area contributed by atoms with Crippen molar-refractivity contribution >= 4 is 0 Å². The normalized spacial score (nSPS) is 42.0.